The molecule has 31 heavy (non-hydrogen) atoms. The van der Waals surface area contributed by atoms with Crippen LogP contribution in [0.3, 0.4) is 0 Å². The Morgan fingerprint density at radius 1 is 0.968 bits per heavy atom. The monoisotopic (exact) mass is 425 g/mol. The summed E-state index contributed by atoms with van der Waals surface area (Å²) in [5, 5.41) is 0. The van der Waals surface area contributed by atoms with Gasteiger partial charge in [-0.25, -0.2) is 4.39 Å². The van der Waals surface area contributed by atoms with Crippen molar-refractivity contribution in [1.29, 1.82) is 0 Å². The van der Waals surface area contributed by atoms with Gasteiger partial charge in [0.15, 0.2) is 0 Å². The standard InChI is InChI=1S/C25H32FN3O2/c1-2-31-24-10-6-5-9-23(24)28-15-17-29(18-16-28)25(30)20-11-13-27(14-12-20)19-21-7-3-4-8-22(21)26/h3-10,20H,2,11-19H2,1H3. The van der Waals surface area contributed by atoms with Gasteiger partial charge in [0, 0.05) is 44.2 Å². The lowest BCUT2D eigenvalue weighted by molar-refractivity contribution is -0.137. The summed E-state index contributed by atoms with van der Waals surface area (Å²) in [6.45, 7) is 8.07. The number of hydrogen-bond donors (Lipinski definition) is 0. The van der Waals surface area contributed by atoms with Gasteiger partial charge in [0.2, 0.25) is 5.91 Å². The third-order valence-electron chi connectivity index (χ3n) is 6.39. The number of ether oxygens (including phenoxy) is 1. The van der Waals surface area contributed by atoms with Crippen LogP contribution in [0, 0.1) is 11.7 Å². The average molecular weight is 426 g/mol. The minimum atomic E-state index is -0.149. The lowest BCUT2D eigenvalue weighted by atomic mass is 9.94. The number of piperazine rings is 1. The van der Waals surface area contributed by atoms with Crippen molar-refractivity contribution >= 4 is 11.6 Å². The van der Waals surface area contributed by atoms with Crippen molar-refractivity contribution in [3.05, 3.63) is 59.9 Å². The maximum Gasteiger partial charge on any atom is 0.225 e. The molecule has 2 aliphatic heterocycles. The molecule has 0 saturated carbocycles. The second-order valence-corrected chi connectivity index (χ2v) is 8.35. The van der Waals surface area contributed by atoms with Crippen molar-refractivity contribution in [2.75, 3.05) is 50.8 Å². The average Bonchev–Trinajstić information content (AvgIpc) is 2.81. The molecule has 0 bridgehead atoms. The van der Waals surface area contributed by atoms with E-state index >= 15 is 0 Å². The fraction of sp³-hybridized carbons (Fsp3) is 0.480. The molecule has 0 spiro atoms. The minimum Gasteiger partial charge on any atom is -0.492 e. The van der Waals surface area contributed by atoms with E-state index in [1.807, 2.05) is 42.2 Å². The van der Waals surface area contributed by atoms with Crippen LogP contribution in [0.5, 0.6) is 5.75 Å². The SMILES string of the molecule is CCOc1ccccc1N1CCN(C(=O)C2CCN(Cc3ccccc3F)CC2)CC1. The number of carbonyl (C=O) groups is 1. The fourth-order valence-electron chi connectivity index (χ4n) is 4.63. The van der Waals surface area contributed by atoms with Gasteiger partial charge < -0.3 is 14.5 Å². The normalized spacial score (nSPS) is 18.3. The second-order valence-electron chi connectivity index (χ2n) is 8.35. The minimum absolute atomic E-state index is 0.0825. The molecule has 4 rings (SSSR count). The van der Waals surface area contributed by atoms with Gasteiger partial charge in [-0.2, -0.15) is 0 Å². The van der Waals surface area contributed by atoms with Crippen molar-refractivity contribution in [3.63, 3.8) is 0 Å². The van der Waals surface area contributed by atoms with Gasteiger partial charge in [0.1, 0.15) is 11.6 Å². The Labute approximate surface area is 184 Å². The molecular formula is C25H32FN3O2. The van der Waals surface area contributed by atoms with Crippen LogP contribution in [0.2, 0.25) is 0 Å². The number of amides is 1. The molecule has 1 amide bonds. The van der Waals surface area contributed by atoms with Crippen LogP contribution in [0.4, 0.5) is 10.1 Å². The number of anilines is 1. The topological polar surface area (TPSA) is 36.0 Å². The lowest BCUT2D eigenvalue weighted by Gasteiger charge is -2.39. The number of piperidine rings is 1. The number of para-hydroxylation sites is 2. The predicted molar refractivity (Wildman–Crippen MR) is 121 cm³/mol. The Kier molecular flexibility index (Phi) is 7.07. The number of benzene rings is 2. The molecule has 0 atom stereocenters. The van der Waals surface area contributed by atoms with Gasteiger partial charge in [0.25, 0.3) is 0 Å². The predicted octanol–water partition coefficient (Wildman–Crippen LogP) is 3.79. The van der Waals surface area contributed by atoms with Crippen LogP contribution in [0.15, 0.2) is 48.5 Å². The number of halogens is 1. The molecule has 6 heteroatoms. The summed E-state index contributed by atoms with van der Waals surface area (Å²) in [4.78, 5) is 19.7. The maximum absolute atomic E-state index is 13.9. The van der Waals surface area contributed by atoms with E-state index in [0.29, 0.717) is 13.2 Å². The van der Waals surface area contributed by atoms with E-state index in [0.717, 1.165) is 69.1 Å². The maximum atomic E-state index is 13.9. The molecule has 2 aromatic carbocycles. The Balaban J connectivity index is 1.27. The van der Waals surface area contributed by atoms with E-state index in [2.05, 4.69) is 15.9 Å². The summed E-state index contributed by atoms with van der Waals surface area (Å²) in [6, 6.07) is 15.1. The largest absolute Gasteiger partial charge is 0.492 e. The van der Waals surface area contributed by atoms with Crippen LogP contribution in [0.25, 0.3) is 0 Å². The summed E-state index contributed by atoms with van der Waals surface area (Å²) < 4.78 is 19.7. The summed E-state index contributed by atoms with van der Waals surface area (Å²) in [6.07, 6.45) is 1.70. The zero-order valence-electron chi connectivity index (χ0n) is 18.3. The van der Waals surface area contributed by atoms with Crippen molar-refractivity contribution in [3.8, 4) is 5.75 Å². The van der Waals surface area contributed by atoms with Gasteiger partial charge in [-0.15, -0.1) is 0 Å². The van der Waals surface area contributed by atoms with Gasteiger partial charge in [0.05, 0.1) is 12.3 Å². The summed E-state index contributed by atoms with van der Waals surface area (Å²) in [5.74, 6) is 1.12. The highest BCUT2D eigenvalue weighted by atomic mass is 19.1. The van der Waals surface area contributed by atoms with Crippen molar-refractivity contribution in [2.24, 2.45) is 5.92 Å². The Bertz CT molecular complexity index is 875. The Hall–Kier alpha value is -2.60. The highest BCUT2D eigenvalue weighted by Gasteiger charge is 2.31. The molecule has 5 nitrogen and oxygen atoms in total. The van der Waals surface area contributed by atoms with Gasteiger partial charge in [-0.3, -0.25) is 9.69 Å². The van der Waals surface area contributed by atoms with Crippen LogP contribution in [0.1, 0.15) is 25.3 Å². The van der Waals surface area contributed by atoms with Crippen LogP contribution >= 0.6 is 0 Å². The quantitative estimate of drug-likeness (QED) is 0.706. The van der Waals surface area contributed by atoms with E-state index < -0.39 is 0 Å². The van der Waals surface area contributed by atoms with Crippen molar-refractivity contribution < 1.29 is 13.9 Å². The smallest absolute Gasteiger partial charge is 0.225 e. The van der Waals surface area contributed by atoms with Crippen molar-refractivity contribution in [1.82, 2.24) is 9.80 Å². The molecule has 2 fully saturated rings. The molecule has 166 valence electrons. The van der Waals surface area contributed by atoms with E-state index in [4.69, 9.17) is 4.74 Å². The Morgan fingerprint density at radius 2 is 1.65 bits per heavy atom. The number of rotatable bonds is 6. The molecular weight excluding hydrogens is 393 g/mol. The summed E-state index contributed by atoms with van der Waals surface area (Å²) in [5.41, 5.74) is 1.84. The summed E-state index contributed by atoms with van der Waals surface area (Å²) >= 11 is 0. The fourth-order valence-corrected chi connectivity index (χ4v) is 4.63. The number of nitrogens with zero attached hydrogens (tertiary/aromatic N) is 3. The van der Waals surface area contributed by atoms with E-state index in [-0.39, 0.29) is 17.6 Å². The van der Waals surface area contributed by atoms with Crippen LogP contribution < -0.4 is 9.64 Å². The molecule has 0 aliphatic carbocycles. The van der Waals surface area contributed by atoms with Gasteiger partial charge in [-0.1, -0.05) is 30.3 Å². The van der Waals surface area contributed by atoms with Gasteiger partial charge >= 0.3 is 0 Å². The molecule has 2 aromatic rings. The van der Waals surface area contributed by atoms with E-state index in [9.17, 15) is 9.18 Å². The summed E-state index contributed by atoms with van der Waals surface area (Å²) in [7, 11) is 0. The number of carbonyl (C=O) groups excluding carboxylic acids is 1. The van der Waals surface area contributed by atoms with Crippen LogP contribution in [-0.2, 0) is 11.3 Å². The Morgan fingerprint density at radius 3 is 2.35 bits per heavy atom. The third kappa shape index (κ3) is 5.18. The first kappa shape index (κ1) is 21.6. The number of hydrogen-bond acceptors (Lipinski definition) is 4. The first-order valence-corrected chi connectivity index (χ1v) is 11.4. The molecule has 2 heterocycles. The van der Waals surface area contributed by atoms with Crippen LogP contribution in [-0.4, -0.2) is 61.6 Å². The first-order chi connectivity index (χ1) is 15.2. The second kappa shape index (κ2) is 10.1. The van der Waals surface area contributed by atoms with Gasteiger partial charge in [-0.05, 0) is 51.1 Å². The zero-order chi connectivity index (χ0) is 21.6. The first-order valence-electron chi connectivity index (χ1n) is 11.4. The zero-order valence-corrected chi connectivity index (χ0v) is 18.3. The third-order valence-corrected chi connectivity index (χ3v) is 6.39. The molecule has 0 N–H and O–H groups in total. The highest BCUT2D eigenvalue weighted by Crippen LogP contribution is 2.29. The molecule has 0 unspecified atom stereocenters. The number of likely N-dealkylation sites (tertiary alicyclic amines) is 1. The highest BCUT2D eigenvalue weighted by molar-refractivity contribution is 5.79. The van der Waals surface area contributed by atoms with E-state index in [1.54, 1.807) is 6.07 Å². The lowest BCUT2D eigenvalue weighted by Crippen LogP contribution is -2.51. The molecule has 2 saturated heterocycles. The van der Waals surface area contributed by atoms with E-state index in [1.165, 1.54) is 6.07 Å². The van der Waals surface area contributed by atoms with Crippen molar-refractivity contribution in [2.45, 2.75) is 26.3 Å². The molecule has 2 aliphatic rings. The molecule has 0 radical (unpaired) electrons. The molecule has 0 aromatic heterocycles.